The number of thiazole rings is 1. The Hall–Kier alpha value is -2.90. The van der Waals surface area contributed by atoms with Crippen molar-refractivity contribution < 1.29 is 19.2 Å². The lowest BCUT2D eigenvalue weighted by Crippen LogP contribution is -3.08. The number of aryl methyl sites for hydroxylation is 1. The molecule has 0 aliphatic rings. The van der Waals surface area contributed by atoms with Crippen LogP contribution < -0.4 is 19.7 Å². The highest BCUT2D eigenvalue weighted by molar-refractivity contribution is 7.13. The molecule has 29 heavy (non-hydrogen) atoms. The lowest BCUT2D eigenvalue weighted by molar-refractivity contribution is -0.885. The summed E-state index contributed by atoms with van der Waals surface area (Å²) in [5, 5.41) is 5.83. The van der Waals surface area contributed by atoms with Crippen molar-refractivity contribution >= 4 is 22.9 Å². The van der Waals surface area contributed by atoms with Gasteiger partial charge in [-0.3, -0.25) is 4.79 Å². The highest BCUT2D eigenvalue weighted by atomic mass is 32.1. The van der Waals surface area contributed by atoms with Gasteiger partial charge in [-0.2, -0.15) is 0 Å². The van der Waals surface area contributed by atoms with Crippen LogP contribution >= 0.6 is 11.3 Å². The number of benzene rings is 2. The third-order valence-electron chi connectivity index (χ3n) is 4.47. The highest BCUT2D eigenvalue weighted by Crippen LogP contribution is 2.38. The predicted octanol–water partition coefficient (Wildman–Crippen LogP) is 2.79. The predicted molar refractivity (Wildman–Crippen MR) is 116 cm³/mol. The van der Waals surface area contributed by atoms with Gasteiger partial charge in [0, 0.05) is 11.1 Å². The first kappa shape index (κ1) is 20.8. The molecular formula is C22H26N3O3S+. The van der Waals surface area contributed by atoms with Crippen LogP contribution in [0.2, 0.25) is 0 Å². The van der Waals surface area contributed by atoms with Crippen LogP contribution in [-0.4, -0.2) is 38.7 Å². The lowest BCUT2D eigenvalue weighted by atomic mass is 10.2. The minimum atomic E-state index is -0.0173. The van der Waals surface area contributed by atoms with E-state index >= 15 is 0 Å². The van der Waals surface area contributed by atoms with Gasteiger partial charge in [-0.05, 0) is 31.2 Å². The van der Waals surface area contributed by atoms with E-state index in [0.29, 0.717) is 24.6 Å². The van der Waals surface area contributed by atoms with Gasteiger partial charge in [0.2, 0.25) is 0 Å². The topological polar surface area (TPSA) is 64.9 Å². The molecule has 0 fully saturated rings. The molecule has 1 amide bonds. The number of hydrogen-bond acceptors (Lipinski definition) is 5. The molecule has 1 atom stereocenters. The molecule has 3 aromatic rings. The normalized spacial score (nSPS) is 11.7. The molecule has 2 N–H and O–H groups in total. The standard InChI is InChI=1S/C22H25N3O3S/c1-15-8-10-16(11-9-15)23-20(26)13-25(2)12-17-14-29-22(24-17)18-6-5-7-19(27-3)21(18)28-4/h5-11,14H,12-13H2,1-4H3,(H,23,26)/p+1. The summed E-state index contributed by atoms with van der Waals surface area (Å²) in [5.74, 6) is 1.34. The molecule has 0 radical (unpaired) electrons. The number of likely N-dealkylation sites (N-methyl/N-ethyl adjacent to an activating group) is 1. The first-order valence-electron chi connectivity index (χ1n) is 9.33. The molecule has 3 rings (SSSR count). The van der Waals surface area contributed by atoms with E-state index in [2.05, 4.69) is 5.32 Å². The zero-order valence-corrected chi connectivity index (χ0v) is 17.9. The quantitative estimate of drug-likeness (QED) is 0.597. The molecule has 1 aromatic heterocycles. The largest absolute Gasteiger partial charge is 0.493 e. The van der Waals surface area contributed by atoms with Gasteiger partial charge in [-0.25, -0.2) is 4.98 Å². The van der Waals surface area contributed by atoms with Crippen molar-refractivity contribution in [1.29, 1.82) is 0 Å². The number of carbonyl (C=O) groups excluding carboxylic acids is 1. The average molecular weight is 413 g/mol. The maximum absolute atomic E-state index is 12.3. The Morgan fingerprint density at radius 1 is 1.14 bits per heavy atom. The van der Waals surface area contributed by atoms with Crippen molar-refractivity contribution in [2.24, 2.45) is 0 Å². The van der Waals surface area contributed by atoms with Crippen LogP contribution in [0.25, 0.3) is 10.6 Å². The molecule has 7 heteroatoms. The number of quaternary nitrogens is 1. The van der Waals surface area contributed by atoms with E-state index in [1.165, 1.54) is 0 Å². The van der Waals surface area contributed by atoms with Crippen LogP contribution in [0.3, 0.4) is 0 Å². The molecule has 152 valence electrons. The summed E-state index contributed by atoms with van der Waals surface area (Å²) in [4.78, 5) is 18.1. The monoisotopic (exact) mass is 412 g/mol. The summed E-state index contributed by atoms with van der Waals surface area (Å²) in [7, 11) is 5.23. The van der Waals surface area contributed by atoms with E-state index in [4.69, 9.17) is 14.5 Å². The van der Waals surface area contributed by atoms with Crippen LogP contribution in [0.4, 0.5) is 5.69 Å². The number of amides is 1. The van der Waals surface area contributed by atoms with Crippen molar-refractivity contribution in [1.82, 2.24) is 4.98 Å². The molecule has 0 aliphatic heterocycles. The van der Waals surface area contributed by atoms with Crippen molar-refractivity contribution in [2.75, 3.05) is 33.1 Å². The third kappa shape index (κ3) is 5.34. The lowest BCUT2D eigenvalue weighted by Gasteiger charge is -2.13. The zero-order valence-electron chi connectivity index (χ0n) is 17.1. The number of nitrogens with one attached hydrogen (secondary N) is 2. The van der Waals surface area contributed by atoms with Gasteiger partial charge < -0.3 is 19.7 Å². The number of anilines is 1. The number of rotatable bonds is 8. The van der Waals surface area contributed by atoms with Crippen molar-refractivity contribution in [3.63, 3.8) is 0 Å². The summed E-state index contributed by atoms with van der Waals surface area (Å²) < 4.78 is 10.9. The number of nitrogens with zero attached hydrogens (tertiary/aromatic N) is 1. The fourth-order valence-corrected chi connectivity index (χ4v) is 3.90. The molecule has 6 nitrogen and oxygen atoms in total. The number of aromatic nitrogens is 1. The third-order valence-corrected chi connectivity index (χ3v) is 5.39. The minimum Gasteiger partial charge on any atom is -0.493 e. The smallest absolute Gasteiger partial charge is 0.279 e. The molecule has 0 spiro atoms. The molecular weight excluding hydrogens is 386 g/mol. The fourth-order valence-electron chi connectivity index (χ4n) is 3.06. The fraction of sp³-hybridized carbons (Fsp3) is 0.273. The Morgan fingerprint density at radius 2 is 1.90 bits per heavy atom. The maximum atomic E-state index is 12.3. The summed E-state index contributed by atoms with van der Waals surface area (Å²) in [6, 6.07) is 13.5. The number of para-hydroxylation sites is 1. The second-order valence-electron chi connectivity index (χ2n) is 6.91. The second kappa shape index (κ2) is 9.54. The van der Waals surface area contributed by atoms with Crippen LogP contribution in [-0.2, 0) is 11.3 Å². The molecule has 0 aliphatic carbocycles. The molecule has 1 unspecified atom stereocenters. The Bertz CT molecular complexity index is 970. The van der Waals surface area contributed by atoms with Crippen molar-refractivity contribution in [3.05, 3.63) is 59.1 Å². The zero-order chi connectivity index (χ0) is 20.8. The van der Waals surface area contributed by atoms with Gasteiger partial charge in [0.05, 0.1) is 26.8 Å². The van der Waals surface area contributed by atoms with Gasteiger partial charge in [-0.1, -0.05) is 23.8 Å². The number of carbonyl (C=O) groups is 1. The highest BCUT2D eigenvalue weighted by Gasteiger charge is 2.17. The van der Waals surface area contributed by atoms with E-state index in [-0.39, 0.29) is 5.91 Å². The van der Waals surface area contributed by atoms with Crippen LogP contribution in [0.1, 0.15) is 11.3 Å². The second-order valence-corrected chi connectivity index (χ2v) is 7.77. The van der Waals surface area contributed by atoms with E-state index in [0.717, 1.165) is 32.4 Å². The van der Waals surface area contributed by atoms with Gasteiger partial charge in [0.1, 0.15) is 17.2 Å². The van der Waals surface area contributed by atoms with Crippen LogP contribution in [0.5, 0.6) is 11.5 Å². The van der Waals surface area contributed by atoms with E-state index in [1.54, 1.807) is 25.6 Å². The SMILES string of the molecule is COc1cccc(-c2nc(C[NH+](C)CC(=O)Nc3ccc(C)cc3)cs2)c1OC. The van der Waals surface area contributed by atoms with Gasteiger partial charge >= 0.3 is 0 Å². The Balaban J connectivity index is 1.62. The van der Waals surface area contributed by atoms with E-state index < -0.39 is 0 Å². The summed E-state index contributed by atoms with van der Waals surface area (Å²) in [6.45, 7) is 3.04. The van der Waals surface area contributed by atoms with E-state index in [9.17, 15) is 4.79 Å². The number of methoxy groups -OCH3 is 2. The maximum Gasteiger partial charge on any atom is 0.279 e. The van der Waals surface area contributed by atoms with E-state index in [1.807, 2.05) is 61.8 Å². The Kier molecular flexibility index (Phi) is 6.85. The summed E-state index contributed by atoms with van der Waals surface area (Å²) in [5.41, 5.74) is 3.82. The summed E-state index contributed by atoms with van der Waals surface area (Å²) >= 11 is 1.56. The first-order chi connectivity index (χ1) is 14.0. The molecule has 2 aromatic carbocycles. The average Bonchev–Trinajstić information content (AvgIpc) is 3.16. The molecule has 0 saturated carbocycles. The van der Waals surface area contributed by atoms with Crippen LogP contribution in [0.15, 0.2) is 47.8 Å². The Labute approximate surface area is 175 Å². The summed E-state index contributed by atoms with van der Waals surface area (Å²) in [6.07, 6.45) is 0. The minimum absolute atomic E-state index is 0.0173. The first-order valence-corrected chi connectivity index (χ1v) is 10.2. The number of ether oxygens (including phenoxy) is 2. The van der Waals surface area contributed by atoms with Gasteiger partial charge in [0.25, 0.3) is 5.91 Å². The van der Waals surface area contributed by atoms with Crippen molar-refractivity contribution in [3.8, 4) is 22.1 Å². The number of hydrogen-bond donors (Lipinski definition) is 2. The van der Waals surface area contributed by atoms with Gasteiger partial charge in [-0.15, -0.1) is 11.3 Å². The van der Waals surface area contributed by atoms with Gasteiger partial charge in [0.15, 0.2) is 18.0 Å². The van der Waals surface area contributed by atoms with Crippen LogP contribution in [0, 0.1) is 6.92 Å². The molecule has 0 saturated heterocycles. The Morgan fingerprint density at radius 3 is 2.59 bits per heavy atom. The molecule has 0 bridgehead atoms. The molecule has 1 heterocycles. The van der Waals surface area contributed by atoms with Crippen molar-refractivity contribution in [2.45, 2.75) is 13.5 Å².